The minimum absolute atomic E-state index is 0.289. The van der Waals surface area contributed by atoms with Gasteiger partial charge in [0.15, 0.2) is 11.6 Å². The van der Waals surface area contributed by atoms with Gasteiger partial charge in [0.2, 0.25) is 0 Å². The van der Waals surface area contributed by atoms with Gasteiger partial charge in [-0.3, -0.25) is 0 Å². The second-order valence-corrected chi connectivity index (χ2v) is 4.96. The maximum absolute atomic E-state index is 13.7. The largest absolute Gasteiger partial charge is 0.378 e. The van der Waals surface area contributed by atoms with E-state index in [1.165, 1.54) is 11.6 Å². The lowest BCUT2D eigenvalue weighted by molar-refractivity contribution is 0.494. The first-order valence-electron chi connectivity index (χ1n) is 6.91. The predicted molar refractivity (Wildman–Crippen MR) is 78.8 cm³/mol. The van der Waals surface area contributed by atoms with E-state index < -0.39 is 11.6 Å². The van der Waals surface area contributed by atoms with Crippen molar-refractivity contribution in [3.05, 3.63) is 65.2 Å². The van der Waals surface area contributed by atoms with Gasteiger partial charge in [0.05, 0.1) is 6.04 Å². The van der Waals surface area contributed by atoms with Crippen LogP contribution < -0.4 is 5.32 Å². The van der Waals surface area contributed by atoms with E-state index in [1.54, 1.807) is 6.07 Å². The molecule has 0 radical (unpaired) electrons. The van der Waals surface area contributed by atoms with E-state index in [1.807, 2.05) is 19.1 Å². The number of aryl methyl sites for hydroxylation is 1. The van der Waals surface area contributed by atoms with Crippen LogP contribution in [0.15, 0.2) is 42.5 Å². The van der Waals surface area contributed by atoms with Gasteiger partial charge in [-0.15, -0.1) is 0 Å². The molecule has 2 aromatic carbocycles. The summed E-state index contributed by atoms with van der Waals surface area (Å²) in [7, 11) is 0. The van der Waals surface area contributed by atoms with Crippen LogP contribution in [0.1, 0.15) is 37.4 Å². The van der Waals surface area contributed by atoms with E-state index in [0.717, 1.165) is 24.6 Å². The normalized spacial score (nSPS) is 12.2. The van der Waals surface area contributed by atoms with E-state index in [4.69, 9.17) is 0 Å². The number of hydrogen-bond donors (Lipinski definition) is 1. The zero-order valence-corrected chi connectivity index (χ0v) is 11.8. The van der Waals surface area contributed by atoms with Crippen molar-refractivity contribution in [2.24, 2.45) is 0 Å². The Morgan fingerprint density at radius 1 is 1.05 bits per heavy atom. The summed E-state index contributed by atoms with van der Waals surface area (Å²) in [6.45, 7) is 3.96. The molecule has 0 heterocycles. The summed E-state index contributed by atoms with van der Waals surface area (Å²) in [5, 5.41) is 3.19. The van der Waals surface area contributed by atoms with Gasteiger partial charge >= 0.3 is 0 Å². The van der Waals surface area contributed by atoms with Crippen LogP contribution in [-0.2, 0) is 6.42 Å². The first-order valence-corrected chi connectivity index (χ1v) is 6.91. The summed E-state index contributed by atoms with van der Waals surface area (Å²) < 4.78 is 26.9. The smallest absolute Gasteiger partial charge is 0.164 e. The lowest BCUT2D eigenvalue weighted by Gasteiger charge is -2.17. The number of rotatable bonds is 5. The van der Waals surface area contributed by atoms with E-state index in [2.05, 4.69) is 24.4 Å². The molecule has 3 heteroatoms. The molecule has 1 unspecified atom stereocenters. The molecule has 0 amide bonds. The van der Waals surface area contributed by atoms with Crippen molar-refractivity contribution in [2.45, 2.75) is 32.7 Å². The topological polar surface area (TPSA) is 12.0 Å². The molecular formula is C17H19F2N. The molecule has 20 heavy (non-hydrogen) atoms. The maximum Gasteiger partial charge on any atom is 0.164 e. The van der Waals surface area contributed by atoms with E-state index in [0.29, 0.717) is 5.56 Å². The number of benzene rings is 2. The summed E-state index contributed by atoms with van der Waals surface area (Å²) in [5.41, 5.74) is 2.52. The Bertz CT molecular complexity index is 564. The highest BCUT2D eigenvalue weighted by Crippen LogP contribution is 2.23. The molecule has 0 aliphatic carbocycles. The van der Waals surface area contributed by atoms with Crippen molar-refractivity contribution in [1.29, 1.82) is 0 Å². The van der Waals surface area contributed by atoms with Crippen molar-refractivity contribution in [2.75, 3.05) is 5.32 Å². The van der Waals surface area contributed by atoms with Gasteiger partial charge in [0.1, 0.15) is 0 Å². The Hall–Kier alpha value is -1.90. The molecule has 0 bridgehead atoms. The van der Waals surface area contributed by atoms with Crippen LogP contribution >= 0.6 is 0 Å². The summed E-state index contributed by atoms with van der Waals surface area (Å²) in [6.07, 6.45) is 2.16. The molecular weight excluding hydrogens is 256 g/mol. The molecule has 0 spiro atoms. The second kappa shape index (κ2) is 6.51. The highest BCUT2D eigenvalue weighted by atomic mass is 19.2. The third-order valence-electron chi connectivity index (χ3n) is 3.32. The highest BCUT2D eigenvalue weighted by Gasteiger charge is 2.13. The fraction of sp³-hybridized carbons (Fsp3) is 0.294. The molecule has 106 valence electrons. The molecule has 0 aromatic heterocycles. The van der Waals surface area contributed by atoms with Gasteiger partial charge < -0.3 is 5.32 Å². The Balaban J connectivity index is 2.11. The van der Waals surface area contributed by atoms with Crippen LogP contribution in [0.3, 0.4) is 0 Å². The van der Waals surface area contributed by atoms with Gasteiger partial charge in [0, 0.05) is 11.3 Å². The van der Waals surface area contributed by atoms with Crippen LogP contribution in [0.25, 0.3) is 0 Å². The van der Waals surface area contributed by atoms with Crippen molar-refractivity contribution >= 4 is 5.69 Å². The van der Waals surface area contributed by atoms with E-state index >= 15 is 0 Å². The SMILES string of the molecule is CCCc1ccc(NC(C)c2cccc(F)c2F)cc1. The molecule has 0 saturated heterocycles. The lowest BCUT2D eigenvalue weighted by Crippen LogP contribution is -2.09. The minimum Gasteiger partial charge on any atom is -0.378 e. The molecule has 0 saturated carbocycles. The van der Waals surface area contributed by atoms with Crippen molar-refractivity contribution in [1.82, 2.24) is 0 Å². The van der Waals surface area contributed by atoms with Crippen molar-refractivity contribution in [3.8, 4) is 0 Å². The average Bonchev–Trinajstić information content (AvgIpc) is 2.44. The van der Waals surface area contributed by atoms with Gasteiger partial charge in [0.25, 0.3) is 0 Å². The van der Waals surface area contributed by atoms with Crippen LogP contribution in [0.2, 0.25) is 0 Å². The fourth-order valence-electron chi connectivity index (χ4n) is 2.24. The third-order valence-corrected chi connectivity index (χ3v) is 3.32. The molecule has 1 nitrogen and oxygen atoms in total. The summed E-state index contributed by atoms with van der Waals surface area (Å²) in [5.74, 6) is -1.59. The highest BCUT2D eigenvalue weighted by molar-refractivity contribution is 5.46. The summed E-state index contributed by atoms with van der Waals surface area (Å²) >= 11 is 0. The van der Waals surface area contributed by atoms with E-state index in [9.17, 15) is 8.78 Å². The van der Waals surface area contributed by atoms with Crippen LogP contribution in [0, 0.1) is 11.6 Å². The van der Waals surface area contributed by atoms with Gasteiger partial charge in [-0.1, -0.05) is 37.6 Å². The number of hydrogen-bond acceptors (Lipinski definition) is 1. The van der Waals surface area contributed by atoms with Crippen molar-refractivity contribution in [3.63, 3.8) is 0 Å². The fourth-order valence-corrected chi connectivity index (χ4v) is 2.24. The quantitative estimate of drug-likeness (QED) is 0.801. The van der Waals surface area contributed by atoms with Crippen molar-refractivity contribution < 1.29 is 8.78 Å². The Morgan fingerprint density at radius 3 is 2.40 bits per heavy atom. The number of halogens is 2. The van der Waals surface area contributed by atoms with Crippen LogP contribution in [0.5, 0.6) is 0 Å². The Morgan fingerprint density at radius 2 is 1.75 bits per heavy atom. The van der Waals surface area contributed by atoms with Crippen LogP contribution in [0.4, 0.5) is 14.5 Å². The van der Waals surface area contributed by atoms with Gasteiger partial charge in [-0.05, 0) is 37.1 Å². The molecule has 0 aliphatic heterocycles. The molecule has 2 rings (SSSR count). The third kappa shape index (κ3) is 3.35. The molecule has 1 N–H and O–H groups in total. The molecule has 0 fully saturated rings. The van der Waals surface area contributed by atoms with Gasteiger partial charge in [-0.2, -0.15) is 0 Å². The molecule has 2 aromatic rings. The first kappa shape index (κ1) is 14.5. The van der Waals surface area contributed by atoms with Crippen LogP contribution in [-0.4, -0.2) is 0 Å². The lowest BCUT2D eigenvalue weighted by atomic mass is 10.1. The first-order chi connectivity index (χ1) is 9.61. The van der Waals surface area contributed by atoms with E-state index in [-0.39, 0.29) is 6.04 Å². The minimum atomic E-state index is -0.811. The molecule has 1 atom stereocenters. The maximum atomic E-state index is 13.7. The van der Waals surface area contributed by atoms with Gasteiger partial charge in [-0.25, -0.2) is 8.78 Å². The summed E-state index contributed by atoms with van der Waals surface area (Å²) in [4.78, 5) is 0. The Labute approximate surface area is 118 Å². The Kier molecular flexibility index (Phi) is 4.72. The zero-order chi connectivity index (χ0) is 14.5. The number of anilines is 1. The average molecular weight is 275 g/mol. The zero-order valence-electron chi connectivity index (χ0n) is 11.8. The predicted octanol–water partition coefficient (Wildman–Crippen LogP) is 5.09. The molecule has 0 aliphatic rings. The monoisotopic (exact) mass is 275 g/mol. The standard InChI is InChI=1S/C17H19F2N/c1-3-5-13-8-10-14(11-9-13)20-12(2)15-6-4-7-16(18)17(15)19/h4,6-12,20H,3,5H2,1-2H3. The summed E-state index contributed by atoms with van der Waals surface area (Å²) in [6, 6.07) is 12.0. The number of nitrogens with one attached hydrogen (secondary N) is 1. The second-order valence-electron chi connectivity index (χ2n) is 4.96.